The average molecular weight is 325 g/mol. The molecule has 0 aromatic carbocycles. The molecule has 0 spiro atoms. The maximum Gasteiger partial charge on any atom is 0.189 e. The van der Waals surface area contributed by atoms with Crippen LogP contribution >= 0.6 is 27.3 Å². The molecule has 0 unspecified atom stereocenters. The molecule has 0 fully saturated rings. The number of carbonyl (C=O) groups is 1. The molecule has 94 valence electrons. The van der Waals surface area contributed by atoms with Gasteiger partial charge in [-0.05, 0) is 48.0 Å². The van der Waals surface area contributed by atoms with Gasteiger partial charge in [-0.15, -0.1) is 11.3 Å². The first-order valence-corrected chi connectivity index (χ1v) is 7.24. The molecule has 2 aromatic heterocycles. The second-order valence-electron chi connectivity index (χ2n) is 4.17. The lowest BCUT2D eigenvalue weighted by molar-refractivity contribution is 0.104. The first-order valence-electron chi connectivity index (χ1n) is 5.57. The minimum Gasteiger partial charge on any atom is -0.289 e. The lowest BCUT2D eigenvalue weighted by Crippen LogP contribution is -2.00. The number of hydrogen-bond donors (Lipinski definition) is 0. The van der Waals surface area contributed by atoms with Crippen LogP contribution in [0.3, 0.4) is 0 Å². The minimum absolute atomic E-state index is 0.0218. The number of rotatable bonds is 4. The topological polar surface area (TPSA) is 34.9 Å². The van der Waals surface area contributed by atoms with E-state index < -0.39 is 0 Å². The van der Waals surface area contributed by atoms with Crippen LogP contribution in [0.15, 0.2) is 34.4 Å². The van der Waals surface area contributed by atoms with Crippen LogP contribution in [0.25, 0.3) is 6.08 Å². The molecule has 18 heavy (non-hydrogen) atoms. The van der Waals surface area contributed by atoms with Crippen molar-refractivity contribution < 1.29 is 4.79 Å². The summed E-state index contributed by atoms with van der Waals surface area (Å²) in [6.07, 6.45) is 6.79. The fourth-order valence-electron chi connectivity index (χ4n) is 1.42. The lowest BCUT2D eigenvalue weighted by Gasteiger charge is -2.02. The van der Waals surface area contributed by atoms with Crippen molar-refractivity contribution >= 4 is 39.1 Å². The molecule has 0 bridgehead atoms. The molecule has 0 aliphatic rings. The van der Waals surface area contributed by atoms with E-state index in [1.807, 2.05) is 31.4 Å². The van der Waals surface area contributed by atoms with Gasteiger partial charge < -0.3 is 0 Å². The third kappa shape index (κ3) is 3.17. The molecule has 0 saturated heterocycles. The summed E-state index contributed by atoms with van der Waals surface area (Å²) in [4.78, 5) is 13.0. The Labute approximate surface area is 118 Å². The van der Waals surface area contributed by atoms with E-state index >= 15 is 0 Å². The zero-order valence-electron chi connectivity index (χ0n) is 10.1. The summed E-state index contributed by atoms with van der Waals surface area (Å²) in [7, 11) is 0. The first-order chi connectivity index (χ1) is 8.56. The lowest BCUT2D eigenvalue weighted by atomic mass is 10.2. The zero-order chi connectivity index (χ0) is 13.1. The summed E-state index contributed by atoms with van der Waals surface area (Å²) in [5.74, 6) is -0.0218. The summed E-state index contributed by atoms with van der Waals surface area (Å²) in [5, 5.41) is 6.14. The standard InChI is InChI=1S/C13H13BrN2OS/c1-9(2)16-7-10(6-15-16)13(17)4-3-12-5-11(14)8-18-12/h3-9H,1-2H3/b4-3+. The van der Waals surface area contributed by atoms with E-state index in [1.54, 1.807) is 34.5 Å². The Kier molecular flexibility index (Phi) is 4.14. The van der Waals surface area contributed by atoms with Crippen LogP contribution in [0.5, 0.6) is 0 Å². The van der Waals surface area contributed by atoms with Gasteiger partial charge in [-0.25, -0.2) is 0 Å². The van der Waals surface area contributed by atoms with Crippen molar-refractivity contribution in [3.05, 3.63) is 44.8 Å². The Bertz CT molecular complexity index is 583. The summed E-state index contributed by atoms with van der Waals surface area (Å²) < 4.78 is 2.82. The van der Waals surface area contributed by atoms with Gasteiger partial charge in [0.1, 0.15) is 0 Å². The highest BCUT2D eigenvalue weighted by atomic mass is 79.9. The van der Waals surface area contributed by atoms with Gasteiger partial charge in [-0.1, -0.05) is 0 Å². The third-order valence-electron chi connectivity index (χ3n) is 2.40. The Hall–Kier alpha value is -1.20. The summed E-state index contributed by atoms with van der Waals surface area (Å²) >= 11 is 4.97. The SMILES string of the molecule is CC(C)n1cc(C(=O)/C=C/c2cc(Br)cs2)cn1. The molecular weight excluding hydrogens is 312 g/mol. The normalized spacial score (nSPS) is 11.6. The van der Waals surface area contributed by atoms with Gasteiger partial charge in [-0.3, -0.25) is 9.48 Å². The molecule has 0 N–H and O–H groups in total. The molecule has 0 saturated carbocycles. The van der Waals surface area contributed by atoms with Crippen LogP contribution in [-0.4, -0.2) is 15.6 Å². The number of hydrogen-bond acceptors (Lipinski definition) is 3. The number of aromatic nitrogens is 2. The smallest absolute Gasteiger partial charge is 0.189 e. The fourth-order valence-corrected chi connectivity index (χ4v) is 2.75. The minimum atomic E-state index is -0.0218. The monoisotopic (exact) mass is 324 g/mol. The van der Waals surface area contributed by atoms with E-state index in [0.29, 0.717) is 5.56 Å². The predicted molar refractivity (Wildman–Crippen MR) is 78.0 cm³/mol. The van der Waals surface area contributed by atoms with Crippen molar-refractivity contribution in [3.8, 4) is 0 Å². The van der Waals surface area contributed by atoms with E-state index in [2.05, 4.69) is 21.0 Å². The Balaban J connectivity index is 2.09. The predicted octanol–water partition coefficient (Wildman–Crippen LogP) is 4.18. The van der Waals surface area contributed by atoms with Crippen LogP contribution in [0.2, 0.25) is 0 Å². The van der Waals surface area contributed by atoms with E-state index in [1.165, 1.54) is 0 Å². The van der Waals surface area contributed by atoms with Crippen molar-refractivity contribution in [1.29, 1.82) is 0 Å². The molecule has 5 heteroatoms. The van der Waals surface area contributed by atoms with Crippen LogP contribution in [0.1, 0.15) is 35.1 Å². The molecule has 0 aliphatic carbocycles. The van der Waals surface area contributed by atoms with Crippen molar-refractivity contribution in [2.45, 2.75) is 19.9 Å². The van der Waals surface area contributed by atoms with Gasteiger partial charge in [0.2, 0.25) is 0 Å². The molecule has 0 radical (unpaired) electrons. The van der Waals surface area contributed by atoms with Gasteiger partial charge in [0.05, 0.1) is 11.8 Å². The van der Waals surface area contributed by atoms with E-state index in [0.717, 1.165) is 9.35 Å². The van der Waals surface area contributed by atoms with Gasteiger partial charge in [0, 0.05) is 27.0 Å². The Morgan fingerprint density at radius 3 is 2.89 bits per heavy atom. The summed E-state index contributed by atoms with van der Waals surface area (Å²) in [5.41, 5.74) is 0.621. The van der Waals surface area contributed by atoms with E-state index in [-0.39, 0.29) is 11.8 Å². The number of ketones is 1. The summed E-state index contributed by atoms with van der Waals surface area (Å²) in [6, 6.07) is 2.25. The average Bonchev–Trinajstić information content (AvgIpc) is 2.94. The number of allylic oxidation sites excluding steroid dienone is 1. The molecule has 3 nitrogen and oxygen atoms in total. The van der Waals surface area contributed by atoms with Crippen LogP contribution in [0.4, 0.5) is 0 Å². The van der Waals surface area contributed by atoms with E-state index in [9.17, 15) is 4.79 Å². The second-order valence-corrected chi connectivity index (χ2v) is 6.03. The largest absolute Gasteiger partial charge is 0.289 e. The van der Waals surface area contributed by atoms with Gasteiger partial charge >= 0.3 is 0 Å². The highest BCUT2D eigenvalue weighted by Gasteiger charge is 2.07. The van der Waals surface area contributed by atoms with Gasteiger partial charge in [0.15, 0.2) is 5.78 Å². The fraction of sp³-hybridized carbons (Fsp3) is 0.231. The van der Waals surface area contributed by atoms with Crippen molar-refractivity contribution in [3.63, 3.8) is 0 Å². The Morgan fingerprint density at radius 2 is 2.33 bits per heavy atom. The molecule has 2 rings (SSSR count). The third-order valence-corrected chi connectivity index (χ3v) is 4.06. The van der Waals surface area contributed by atoms with Crippen LogP contribution in [-0.2, 0) is 0 Å². The number of thiophene rings is 1. The maximum absolute atomic E-state index is 11.9. The number of carbonyl (C=O) groups excluding carboxylic acids is 1. The molecule has 2 heterocycles. The second kappa shape index (κ2) is 5.63. The van der Waals surface area contributed by atoms with Crippen LogP contribution in [0, 0.1) is 0 Å². The summed E-state index contributed by atoms with van der Waals surface area (Å²) in [6.45, 7) is 4.06. The maximum atomic E-state index is 11.9. The molecule has 0 atom stereocenters. The van der Waals surface area contributed by atoms with Gasteiger partial charge in [-0.2, -0.15) is 5.10 Å². The Morgan fingerprint density at radius 1 is 1.56 bits per heavy atom. The van der Waals surface area contributed by atoms with Crippen molar-refractivity contribution in [2.24, 2.45) is 0 Å². The first kappa shape index (κ1) is 13.2. The number of halogens is 1. The van der Waals surface area contributed by atoms with Crippen LogP contribution < -0.4 is 0 Å². The molecule has 2 aromatic rings. The highest BCUT2D eigenvalue weighted by molar-refractivity contribution is 9.10. The van der Waals surface area contributed by atoms with E-state index in [4.69, 9.17) is 0 Å². The number of nitrogens with zero attached hydrogens (tertiary/aromatic N) is 2. The highest BCUT2D eigenvalue weighted by Crippen LogP contribution is 2.21. The molecule has 0 aliphatic heterocycles. The van der Waals surface area contributed by atoms with Crippen molar-refractivity contribution in [2.75, 3.05) is 0 Å². The zero-order valence-corrected chi connectivity index (χ0v) is 12.5. The molecular formula is C13H13BrN2OS. The van der Waals surface area contributed by atoms with Crippen molar-refractivity contribution in [1.82, 2.24) is 9.78 Å². The van der Waals surface area contributed by atoms with Gasteiger partial charge in [0.25, 0.3) is 0 Å². The quantitative estimate of drug-likeness (QED) is 0.624. The molecule has 0 amide bonds.